The fraction of sp³-hybridized carbons (Fsp3) is 0.154. The first-order chi connectivity index (χ1) is 13.5. The van der Waals surface area contributed by atoms with Crippen molar-refractivity contribution in [2.75, 3.05) is 19.0 Å². The van der Waals surface area contributed by atoms with E-state index in [1.165, 1.54) is 38.1 Å². The zero-order valence-corrected chi connectivity index (χ0v) is 19.5. The number of rotatable bonds is 4. The van der Waals surface area contributed by atoms with Crippen molar-refractivity contribution < 1.29 is 0 Å². The zero-order valence-electron chi connectivity index (χ0n) is 17.0. The molecule has 4 aromatic carbocycles. The monoisotopic (exact) mass is 473 g/mol. The number of aryl methyl sites for hydroxylation is 2. The van der Waals surface area contributed by atoms with Gasteiger partial charge in [-0.15, -0.1) is 0 Å². The number of nitrogens with zero attached hydrogens (tertiary/aromatic N) is 1. The van der Waals surface area contributed by atoms with Crippen molar-refractivity contribution in [3.63, 3.8) is 0 Å². The van der Waals surface area contributed by atoms with Gasteiger partial charge in [0.25, 0.3) is 0 Å². The van der Waals surface area contributed by atoms with E-state index in [9.17, 15) is 0 Å². The van der Waals surface area contributed by atoms with Gasteiger partial charge in [0, 0.05) is 0 Å². The van der Waals surface area contributed by atoms with Crippen molar-refractivity contribution in [2.45, 2.75) is 13.8 Å². The molecule has 4 aromatic rings. The van der Waals surface area contributed by atoms with Crippen LogP contribution in [-0.4, -0.2) is 34.3 Å². The third kappa shape index (κ3) is 3.69. The van der Waals surface area contributed by atoms with Gasteiger partial charge in [0.1, 0.15) is 0 Å². The number of anilines is 1. The van der Waals surface area contributed by atoms with E-state index < -0.39 is 20.2 Å². The second-order valence-electron chi connectivity index (χ2n) is 7.55. The Kier molecular flexibility index (Phi) is 5.46. The number of hydrogen-bond acceptors (Lipinski definition) is 1. The first-order valence-corrected chi connectivity index (χ1v) is 13.5. The summed E-state index contributed by atoms with van der Waals surface area (Å²) >= 11 is -2.17. The Morgan fingerprint density at radius 3 is 1.61 bits per heavy atom. The molecule has 0 aliphatic heterocycles. The van der Waals surface area contributed by atoms with Gasteiger partial charge in [-0.3, -0.25) is 0 Å². The summed E-state index contributed by atoms with van der Waals surface area (Å²) in [4.78, 5) is 2.24. The summed E-state index contributed by atoms with van der Waals surface area (Å²) in [6, 6.07) is 32.0. The molecule has 0 bridgehead atoms. The summed E-state index contributed by atoms with van der Waals surface area (Å²) in [5.41, 5.74) is 3.95. The third-order valence-corrected chi connectivity index (χ3v) is 12.3. The molecule has 4 rings (SSSR count). The molecule has 0 N–H and O–H groups in total. The Balaban J connectivity index is 2.02. The summed E-state index contributed by atoms with van der Waals surface area (Å²) < 4.78 is 4.56. The topological polar surface area (TPSA) is 3.24 Å². The summed E-state index contributed by atoms with van der Waals surface area (Å²) in [5.74, 6) is 0. The summed E-state index contributed by atoms with van der Waals surface area (Å²) in [6.45, 7) is 4.33. The van der Waals surface area contributed by atoms with E-state index in [0.717, 1.165) is 0 Å². The van der Waals surface area contributed by atoms with Gasteiger partial charge < -0.3 is 0 Å². The van der Waals surface area contributed by atoms with E-state index in [-0.39, 0.29) is 0 Å². The van der Waals surface area contributed by atoms with Gasteiger partial charge in [-0.2, -0.15) is 0 Å². The minimum absolute atomic E-state index is 1.31. The van der Waals surface area contributed by atoms with Gasteiger partial charge in [0.2, 0.25) is 0 Å². The van der Waals surface area contributed by atoms with Gasteiger partial charge in [0.15, 0.2) is 0 Å². The Hall–Kier alpha value is -2.24. The number of hydrogen-bond donors (Lipinski definition) is 0. The van der Waals surface area contributed by atoms with Crippen molar-refractivity contribution in [3.05, 3.63) is 96.1 Å². The predicted molar refractivity (Wildman–Crippen MR) is 125 cm³/mol. The van der Waals surface area contributed by atoms with E-state index in [2.05, 4.69) is 118 Å². The maximum atomic E-state index is 2.37. The molecule has 0 aromatic heterocycles. The van der Waals surface area contributed by atoms with Crippen molar-refractivity contribution in [3.8, 4) is 0 Å². The molecule has 28 heavy (non-hydrogen) atoms. The van der Waals surface area contributed by atoms with Crippen LogP contribution in [0, 0.1) is 13.8 Å². The predicted octanol–water partition coefficient (Wildman–Crippen LogP) is 4.04. The molecule has 0 saturated carbocycles. The number of fused-ring (bicyclic) bond motifs is 1. The van der Waals surface area contributed by atoms with Crippen molar-refractivity contribution in [1.82, 2.24) is 0 Å². The van der Waals surface area contributed by atoms with Crippen LogP contribution in [0.2, 0.25) is 0 Å². The summed E-state index contributed by atoms with van der Waals surface area (Å²) in [7, 11) is 4.29. The van der Waals surface area contributed by atoms with Crippen LogP contribution in [0.1, 0.15) is 11.1 Å². The molecule has 1 nitrogen and oxygen atoms in total. The summed E-state index contributed by atoms with van der Waals surface area (Å²) in [5, 5.41) is 2.75. The number of benzene rings is 4. The second kappa shape index (κ2) is 8.01. The molecule has 0 atom stereocenters. The van der Waals surface area contributed by atoms with E-state index >= 15 is 0 Å². The van der Waals surface area contributed by atoms with Gasteiger partial charge in [-0.25, -0.2) is 0 Å². The Morgan fingerprint density at radius 1 is 0.607 bits per heavy atom. The van der Waals surface area contributed by atoms with Crippen molar-refractivity contribution >= 4 is 47.2 Å². The van der Waals surface area contributed by atoms with Crippen LogP contribution >= 0.6 is 0 Å². The normalized spacial score (nSPS) is 11.2. The molecule has 0 radical (unpaired) electrons. The molecule has 0 heterocycles. The molecule has 0 aliphatic carbocycles. The van der Waals surface area contributed by atoms with Crippen molar-refractivity contribution in [2.24, 2.45) is 0 Å². The van der Waals surface area contributed by atoms with E-state index in [1.54, 1.807) is 0 Å². The van der Waals surface area contributed by atoms with Crippen molar-refractivity contribution in [1.29, 1.82) is 0 Å². The standard InChI is InChI=1S/C12H12N.2C7H7.Sb/c1-13(2)12-9-5-7-10-6-3-4-8-11(10)12;2*1-7-5-3-2-4-6-7;/h3-7,9H,1-2H3;2*3-6H,1H3;. The molecular weight excluding hydrogens is 448 g/mol. The fourth-order valence-electron chi connectivity index (χ4n) is 3.68. The van der Waals surface area contributed by atoms with Gasteiger partial charge in [0.05, 0.1) is 0 Å². The molecule has 140 valence electrons. The molecule has 0 amide bonds. The van der Waals surface area contributed by atoms with Crippen LogP contribution in [0.15, 0.2) is 84.9 Å². The van der Waals surface area contributed by atoms with Crippen LogP contribution in [0.25, 0.3) is 10.8 Å². The summed E-state index contributed by atoms with van der Waals surface area (Å²) in [6.07, 6.45) is 0. The molecule has 0 fully saturated rings. The molecule has 0 spiro atoms. The Bertz CT molecular complexity index is 1040. The second-order valence-corrected chi connectivity index (χ2v) is 13.8. The third-order valence-electron chi connectivity index (χ3n) is 5.17. The van der Waals surface area contributed by atoms with E-state index in [4.69, 9.17) is 0 Å². The first-order valence-electron chi connectivity index (χ1n) is 9.67. The molecular formula is C26H26NSb. The van der Waals surface area contributed by atoms with Crippen LogP contribution < -0.4 is 15.4 Å². The van der Waals surface area contributed by atoms with Crippen LogP contribution in [0.4, 0.5) is 5.69 Å². The fourth-order valence-corrected chi connectivity index (χ4v) is 10.7. The molecule has 0 aliphatic rings. The van der Waals surface area contributed by atoms with Gasteiger partial charge in [-0.05, 0) is 0 Å². The van der Waals surface area contributed by atoms with Crippen LogP contribution in [0.5, 0.6) is 0 Å². The van der Waals surface area contributed by atoms with E-state index in [1.807, 2.05) is 0 Å². The minimum atomic E-state index is -2.17. The first kappa shape index (κ1) is 19.1. The average molecular weight is 474 g/mol. The maximum absolute atomic E-state index is 2.37. The SMILES string of the molecule is Cc1cc[c]([Sb]([c]2ccc(C)cc2)[c]2cccc3cccc(N(C)C)c23)cc1. The van der Waals surface area contributed by atoms with Gasteiger partial charge >= 0.3 is 176 Å². The van der Waals surface area contributed by atoms with Crippen LogP contribution in [0.3, 0.4) is 0 Å². The van der Waals surface area contributed by atoms with E-state index in [0.29, 0.717) is 0 Å². The Labute approximate surface area is 175 Å². The quantitative estimate of drug-likeness (QED) is 0.404. The Morgan fingerprint density at radius 2 is 1.11 bits per heavy atom. The molecule has 2 heteroatoms. The molecule has 0 saturated heterocycles. The van der Waals surface area contributed by atoms with Gasteiger partial charge in [-0.1, -0.05) is 0 Å². The van der Waals surface area contributed by atoms with Crippen LogP contribution in [-0.2, 0) is 0 Å². The molecule has 0 unspecified atom stereocenters. The zero-order chi connectivity index (χ0) is 19.7. The average Bonchev–Trinajstić information content (AvgIpc) is 2.70.